The van der Waals surface area contributed by atoms with Gasteiger partial charge in [-0.1, -0.05) is 13.8 Å². The van der Waals surface area contributed by atoms with Crippen LogP contribution in [0.3, 0.4) is 0 Å². The second-order valence-corrected chi connectivity index (χ2v) is 5.15. The smallest absolute Gasteiger partial charge is 0.0474 e. The van der Waals surface area contributed by atoms with Crippen molar-refractivity contribution in [3.8, 4) is 0 Å². The predicted octanol–water partition coefficient (Wildman–Crippen LogP) is 1.62. The molecule has 1 rings (SSSR count). The summed E-state index contributed by atoms with van der Waals surface area (Å²) in [6.45, 7) is 13.4. The van der Waals surface area contributed by atoms with Gasteiger partial charge in [-0.15, -0.1) is 0 Å². The molecule has 0 N–H and O–H groups in total. The summed E-state index contributed by atoms with van der Waals surface area (Å²) in [5, 5.41) is 0. The molecular formula is C15H35N3O. The molecule has 0 atom stereocenters. The first-order chi connectivity index (χ1) is 9.22. The summed E-state index contributed by atoms with van der Waals surface area (Å²) in [5.41, 5.74) is 0. The summed E-state index contributed by atoms with van der Waals surface area (Å²) >= 11 is 0. The average molecular weight is 273 g/mol. The Morgan fingerprint density at radius 1 is 1.00 bits per heavy atom. The van der Waals surface area contributed by atoms with E-state index in [1.165, 1.54) is 45.7 Å². The largest absolute Gasteiger partial charge is 0.385 e. The number of nitrogens with zero attached hydrogens (tertiary/aromatic N) is 3. The maximum absolute atomic E-state index is 5.06. The first-order valence-corrected chi connectivity index (χ1v) is 7.80. The molecule has 1 aliphatic heterocycles. The van der Waals surface area contributed by atoms with Crippen molar-refractivity contribution in [1.82, 2.24) is 14.7 Å². The predicted molar refractivity (Wildman–Crippen MR) is 83.9 cm³/mol. The van der Waals surface area contributed by atoms with Gasteiger partial charge in [0.2, 0.25) is 0 Å². The highest BCUT2D eigenvalue weighted by Gasteiger charge is 2.12. The summed E-state index contributed by atoms with van der Waals surface area (Å²) in [4.78, 5) is 7.41. The summed E-state index contributed by atoms with van der Waals surface area (Å²) in [7, 11) is 6.19. The lowest BCUT2D eigenvalue weighted by Gasteiger charge is -2.32. The molecule has 0 saturated carbocycles. The molecule has 116 valence electrons. The number of piperazine rings is 1. The maximum Gasteiger partial charge on any atom is 0.0474 e. The molecule has 0 aromatic rings. The zero-order valence-corrected chi connectivity index (χ0v) is 13.8. The topological polar surface area (TPSA) is 19.0 Å². The molecule has 0 aliphatic carbocycles. The molecule has 0 bridgehead atoms. The minimum absolute atomic E-state index is 0.878. The lowest BCUT2D eigenvalue weighted by Crippen LogP contribution is -2.45. The Labute approximate surface area is 120 Å². The number of likely N-dealkylation sites (N-methyl/N-ethyl adjacent to an activating group) is 1. The molecule has 0 unspecified atom stereocenters. The zero-order valence-electron chi connectivity index (χ0n) is 13.8. The van der Waals surface area contributed by atoms with Crippen LogP contribution in [0.5, 0.6) is 0 Å². The van der Waals surface area contributed by atoms with Gasteiger partial charge in [-0.3, -0.25) is 0 Å². The monoisotopic (exact) mass is 273 g/mol. The van der Waals surface area contributed by atoms with Crippen LogP contribution in [-0.4, -0.2) is 88.3 Å². The Morgan fingerprint density at radius 3 is 2.16 bits per heavy atom. The van der Waals surface area contributed by atoms with E-state index in [2.05, 4.69) is 28.8 Å². The van der Waals surface area contributed by atoms with Crippen LogP contribution in [0.1, 0.15) is 26.7 Å². The van der Waals surface area contributed by atoms with E-state index < -0.39 is 0 Å². The minimum Gasteiger partial charge on any atom is -0.385 e. The van der Waals surface area contributed by atoms with Crippen molar-refractivity contribution in [3.63, 3.8) is 0 Å². The molecular weight excluding hydrogens is 238 g/mol. The quantitative estimate of drug-likeness (QED) is 0.626. The van der Waals surface area contributed by atoms with Gasteiger partial charge >= 0.3 is 0 Å². The lowest BCUT2D eigenvalue weighted by molar-refractivity contribution is 0.145. The van der Waals surface area contributed by atoms with Crippen LogP contribution in [-0.2, 0) is 4.74 Å². The van der Waals surface area contributed by atoms with E-state index in [0.717, 1.165) is 19.6 Å². The molecule has 0 spiro atoms. The van der Waals surface area contributed by atoms with Crippen molar-refractivity contribution in [2.75, 3.05) is 73.6 Å². The fourth-order valence-electron chi connectivity index (χ4n) is 2.23. The number of hydrogen-bond acceptors (Lipinski definition) is 4. The second-order valence-electron chi connectivity index (χ2n) is 5.15. The molecule has 1 fully saturated rings. The fourth-order valence-corrected chi connectivity index (χ4v) is 2.23. The van der Waals surface area contributed by atoms with Crippen LogP contribution in [0, 0.1) is 0 Å². The SMILES string of the molecule is CC.COCCCN(C)CCCN1CCN(C)CC1. The fraction of sp³-hybridized carbons (Fsp3) is 1.00. The van der Waals surface area contributed by atoms with Gasteiger partial charge in [0.25, 0.3) is 0 Å². The second kappa shape index (κ2) is 12.9. The van der Waals surface area contributed by atoms with E-state index >= 15 is 0 Å². The van der Waals surface area contributed by atoms with Gasteiger partial charge in [-0.2, -0.15) is 0 Å². The lowest BCUT2D eigenvalue weighted by atomic mass is 10.3. The maximum atomic E-state index is 5.06. The van der Waals surface area contributed by atoms with Crippen LogP contribution < -0.4 is 0 Å². The number of hydrogen-bond donors (Lipinski definition) is 0. The molecule has 1 heterocycles. The Bertz CT molecular complexity index is 182. The van der Waals surface area contributed by atoms with Gasteiger partial charge in [-0.25, -0.2) is 0 Å². The highest BCUT2D eigenvalue weighted by atomic mass is 16.5. The van der Waals surface area contributed by atoms with Crippen LogP contribution in [0.15, 0.2) is 0 Å². The van der Waals surface area contributed by atoms with Crippen molar-refractivity contribution in [2.45, 2.75) is 26.7 Å². The van der Waals surface area contributed by atoms with E-state index in [-0.39, 0.29) is 0 Å². The van der Waals surface area contributed by atoms with Crippen molar-refractivity contribution >= 4 is 0 Å². The first-order valence-electron chi connectivity index (χ1n) is 7.80. The molecule has 0 radical (unpaired) electrons. The zero-order chi connectivity index (χ0) is 14.5. The van der Waals surface area contributed by atoms with Crippen molar-refractivity contribution in [3.05, 3.63) is 0 Å². The van der Waals surface area contributed by atoms with Gasteiger partial charge in [-0.05, 0) is 40.0 Å². The third-order valence-electron chi connectivity index (χ3n) is 3.50. The number of rotatable bonds is 8. The molecule has 1 saturated heterocycles. The van der Waals surface area contributed by atoms with Gasteiger partial charge in [0.05, 0.1) is 0 Å². The summed E-state index contributed by atoms with van der Waals surface area (Å²) in [5.74, 6) is 0. The summed E-state index contributed by atoms with van der Waals surface area (Å²) < 4.78 is 5.06. The molecule has 0 amide bonds. The van der Waals surface area contributed by atoms with Gasteiger partial charge in [0.1, 0.15) is 0 Å². The Hall–Kier alpha value is -0.160. The van der Waals surface area contributed by atoms with Gasteiger partial charge in [0.15, 0.2) is 0 Å². The van der Waals surface area contributed by atoms with Crippen molar-refractivity contribution < 1.29 is 4.74 Å². The van der Waals surface area contributed by atoms with Crippen LogP contribution in [0.25, 0.3) is 0 Å². The summed E-state index contributed by atoms with van der Waals surface area (Å²) in [6.07, 6.45) is 2.43. The highest BCUT2D eigenvalue weighted by molar-refractivity contribution is 4.69. The van der Waals surface area contributed by atoms with E-state index in [4.69, 9.17) is 4.74 Å². The van der Waals surface area contributed by atoms with Crippen LogP contribution >= 0.6 is 0 Å². The van der Waals surface area contributed by atoms with E-state index in [9.17, 15) is 0 Å². The van der Waals surface area contributed by atoms with Crippen molar-refractivity contribution in [2.24, 2.45) is 0 Å². The Balaban J connectivity index is 0.00000154. The number of ether oxygens (including phenoxy) is 1. The molecule has 4 nitrogen and oxygen atoms in total. The average Bonchev–Trinajstić information content (AvgIpc) is 2.44. The van der Waals surface area contributed by atoms with Gasteiger partial charge < -0.3 is 19.4 Å². The molecule has 19 heavy (non-hydrogen) atoms. The molecule has 0 aromatic carbocycles. The third kappa shape index (κ3) is 10.3. The normalized spacial score (nSPS) is 17.4. The van der Waals surface area contributed by atoms with E-state index in [1.807, 2.05) is 13.8 Å². The first kappa shape index (κ1) is 18.8. The van der Waals surface area contributed by atoms with Crippen LogP contribution in [0.4, 0.5) is 0 Å². The van der Waals surface area contributed by atoms with Gasteiger partial charge in [0, 0.05) is 46.4 Å². The number of methoxy groups -OCH3 is 1. The highest BCUT2D eigenvalue weighted by Crippen LogP contribution is 2.00. The standard InChI is InChI=1S/C13H29N3O.C2H6/c1-14(7-5-13-17-3)6-4-8-16-11-9-15(2)10-12-16;1-2/h4-13H2,1-3H3;1-2H3. The summed E-state index contributed by atoms with van der Waals surface area (Å²) in [6, 6.07) is 0. The van der Waals surface area contributed by atoms with Crippen LogP contribution in [0.2, 0.25) is 0 Å². The Kier molecular flexibility index (Phi) is 12.7. The van der Waals surface area contributed by atoms with E-state index in [1.54, 1.807) is 7.11 Å². The van der Waals surface area contributed by atoms with E-state index in [0.29, 0.717) is 0 Å². The molecule has 1 aliphatic rings. The van der Waals surface area contributed by atoms with Crippen molar-refractivity contribution in [1.29, 1.82) is 0 Å². The molecule has 4 heteroatoms. The minimum atomic E-state index is 0.878. The third-order valence-corrected chi connectivity index (χ3v) is 3.50. The Morgan fingerprint density at radius 2 is 1.58 bits per heavy atom. The molecule has 0 aromatic heterocycles.